The van der Waals surface area contributed by atoms with Crippen LogP contribution in [0.15, 0.2) is 48.5 Å². The number of hydrogen-bond acceptors (Lipinski definition) is 4. The molecule has 98 valence electrons. The second-order valence-electron chi connectivity index (χ2n) is 4.06. The Balaban J connectivity index is 2.10. The van der Waals surface area contributed by atoms with Crippen molar-refractivity contribution in [1.82, 2.24) is 20.2 Å². The van der Waals surface area contributed by atoms with Gasteiger partial charge in [-0.3, -0.25) is 4.79 Å². The minimum Gasteiger partial charge on any atom is -0.298 e. The molecule has 0 aliphatic carbocycles. The Morgan fingerprint density at radius 2 is 1.85 bits per heavy atom. The van der Waals surface area contributed by atoms with Crippen molar-refractivity contribution in [3.05, 3.63) is 59.9 Å². The first kappa shape index (κ1) is 12.2. The summed E-state index contributed by atoms with van der Waals surface area (Å²) in [6.07, 6.45) is 0.559. The number of rotatable bonds is 3. The monoisotopic (exact) mass is 268 g/mol. The highest BCUT2D eigenvalue weighted by molar-refractivity contribution is 5.80. The number of benzene rings is 2. The van der Waals surface area contributed by atoms with Gasteiger partial charge in [-0.1, -0.05) is 36.4 Å². The van der Waals surface area contributed by atoms with Gasteiger partial charge in [0.25, 0.3) is 0 Å². The summed E-state index contributed by atoms with van der Waals surface area (Å²) in [6.45, 7) is 0. The number of carbonyl (C=O) groups is 1. The molecule has 0 saturated heterocycles. The van der Waals surface area contributed by atoms with Crippen LogP contribution in [0.3, 0.4) is 0 Å². The Morgan fingerprint density at radius 3 is 2.60 bits per heavy atom. The number of hydrogen-bond donors (Lipinski definition) is 0. The molecule has 0 aliphatic heterocycles. The van der Waals surface area contributed by atoms with E-state index in [1.54, 1.807) is 0 Å². The maximum Gasteiger partial charge on any atom is 0.205 e. The van der Waals surface area contributed by atoms with Crippen LogP contribution in [0.1, 0.15) is 10.4 Å². The van der Waals surface area contributed by atoms with Crippen molar-refractivity contribution in [2.45, 2.75) is 0 Å². The molecule has 2 aromatic carbocycles. The minimum absolute atomic E-state index is 0.00261. The number of tetrazole rings is 1. The second kappa shape index (κ2) is 5.00. The first-order valence-corrected chi connectivity index (χ1v) is 5.89. The zero-order valence-electron chi connectivity index (χ0n) is 10.3. The van der Waals surface area contributed by atoms with E-state index in [0.717, 1.165) is 10.4 Å². The van der Waals surface area contributed by atoms with Gasteiger partial charge < -0.3 is 0 Å². The third-order valence-corrected chi connectivity index (χ3v) is 2.79. The lowest BCUT2D eigenvalue weighted by molar-refractivity contribution is 0.112. The predicted molar refractivity (Wildman–Crippen MR) is 69.9 cm³/mol. The van der Waals surface area contributed by atoms with E-state index >= 15 is 0 Å². The van der Waals surface area contributed by atoms with E-state index in [9.17, 15) is 9.18 Å². The molecule has 0 amide bonds. The zero-order chi connectivity index (χ0) is 13.9. The summed E-state index contributed by atoms with van der Waals surface area (Å²) in [7, 11) is 0. The number of para-hydroxylation sites is 1. The Kier molecular flexibility index (Phi) is 3.04. The summed E-state index contributed by atoms with van der Waals surface area (Å²) in [4.78, 5) is 12.0. The summed E-state index contributed by atoms with van der Waals surface area (Å²) < 4.78 is 13.8. The van der Waals surface area contributed by atoms with Crippen LogP contribution in [0.25, 0.3) is 17.1 Å². The molecule has 6 heteroatoms. The first-order chi connectivity index (χ1) is 9.79. The van der Waals surface area contributed by atoms with Crippen LogP contribution in [0.5, 0.6) is 0 Å². The third kappa shape index (κ3) is 2.07. The van der Waals surface area contributed by atoms with Crippen LogP contribution in [-0.2, 0) is 0 Å². The van der Waals surface area contributed by atoms with E-state index in [0.29, 0.717) is 12.1 Å². The Bertz CT molecular complexity index is 755. The number of aldehydes is 1. The highest BCUT2D eigenvalue weighted by atomic mass is 19.1. The fraction of sp³-hybridized carbons (Fsp3) is 0. The van der Waals surface area contributed by atoms with Crippen molar-refractivity contribution >= 4 is 6.29 Å². The molecule has 3 aromatic rings. The van der Waals surface area contributed by atoms with Crippen LogP contribution >= 0.6 is 0 Å². The normalized spacial score (nSPS) is 10.4. The number of nitrogens with zero attached hydrogens (tertiary/aromatic N) is 4. The summed E-state index contributed by atoms with van der Waals surface area (Å²) >= 11 is 0. The largest absolute Gasteiger partial charge is 0.298 e. The molecule has 0 radical (unpaired) electrons. The van der Waals surface area contributed by atoms with Gasteiger partial charge in [0.15, 0.2) is 12.1 Å². The molecule has 1 aromatic heterocycles. The fourth-order valence-corrected chi connectivity index (χ4v) is 1.85. The average Bonchev–Trinajstić information content (AvgIpc) is 2.97. The van der Waals surface area contributed by atoms with Crippen molar-refractivity contribution in [3.8, 4) is 17.1 Å². The molecule has 0 atom stereocenters. The van der Waals surface area contributed by atoms with E-state index in [1.807, 2.05) is 30.3 Å². The summed E-state index contributed by atoms with van der Waals surface area (Å²) in [5.74, 6) is -0.211. The molecule has 0 unspecified atom stereocenters. The molecular formula is C14H9FN4O. The second-order valence-corrected chi connectivity index (χ2v) is 4.06. The summed E-state index contributed by atoms with van der Waals surface area (Å²) in [5, 5.41) is 11.8. The van der Waals surface area contributed by atoms with Gasteiger partial charge in [0, 0.05) is 11.1 Å². The Labute approximate surface area is 113 Å². The van der Waals surface area contributed by atoms with Gasteiger partial charge in [0.2, 0.25) is 5.82 Å². The SMILES string of the molecule is O=Cc1cccc(F)c1-n1nnc(-c2ccccc2)n1. The molecule has 0 spiro atoms. The zero-order valence-corrected chi connectivity index (χ0v) is 10.3. The lowest BCUT2D eigenvalue weighted by Crippen LogP contribution is -2.06. The van der Waals surface area contributed by atoms with Crippen molar-refractivity contribution in [1.29, 1.82) is 0 Å². The van der Waals surface area contributed by atoms with Crippen LogP contribution in [0, 0.1) is 5.82 Å². The quantitative estimate of drug-likeness (QED) is 0.684. The standard InChI is InChI=1S/C14H9FN4O/c15-12-8-4-7-11(9-20)13(12)19-17-14(16-18-19)10-5-2-1-3-6-10/h1-9H. The van der Waals surface area contributed by atoms with Crippen LogP contribution in [0.2, 0.25) is 0 Å². The van der Waals surface area contributed by atoms with Gasteiger partial charge >= 0.3 is 0 Å². The van der Waals surface area contributed by atoms with E-state index < -0.39 is 5.82 Å². The molecule has 20 heavy (non-hydrogen) atoms. The van der Waals surface area contributed by atoms with E-state index in [4.69, 9.17) is 0 Å². The highest BCUT2D eigenvalue weighted by Gasteiger charge is 2.14. The predicted octanol–water partition coefficient (Wildman–Crippen LogP) is 2.28. The van der Waals surface area contributed by atoms with Crippen molar-refractivity contribution in [2.24, 2.45) is 0 Å². The van der Waals surface area contributed by atoms with E-state index in [-0.39, 0.29) is 11.3 Å². The van der Waals surface area contributed by atoms with Gasteiger partial charge in [-0.2, -0.15) is 0 Å². The lowest BCUT2D eigenvalue weighted by Gasteiger charge is -2.02. The Morgan fingerprint density at radius 1 is 1.05 bits per heavy atom. The van der Waals surface area contributed by atoms with E-state index in [2.05, 4.69) is 15.4 Å². The average molecular weight is 268 g/mol. The van der Waals surface area contributed by atoms with E-state index in [1.165, 1.54) is 18.2 Å². The van der Waals surface area contributed by atoms with Gasteiger partial charge in [0.05, 0.1) is 0 Å². The molecule has 0 N–H and O–H groups in total. The smallest absolute Gasteiger partial charge is 0.205 e. The number of halogens is 1. The molecule has 5 nitrogen and oxygen atoms in total. The van der Waals surface area contributed by atoms with Gasteiger partial charge in [-0.15, -0.1) is 15.0 Å². The van der Waals surface area contributed by atoms with Gasteiger partial charge in [-0.25, -0.2) is 4.39 Å². The summed E-state index contributed by atoms with van der Waals surface area (Å²) in [5.41, 5.74) is 0.932. The molecule has 3 rings (SSSR count). The highest BCUT2D eigenvalue weighted by Crippen LogP contribution is 2.18. The van der Waals surface area contributed by atoms with Crippen molar-refractivity contribution in [2.75, 3.05) is 0 Å². The topological polar surface area (TPSA) is 60.7 Å². The van der Waals surface area contributed by atoms with Crippen LogP contribution < -0.4 is 0 Å². The third-order valence-electron chi connectivity index (χ3n) is 2.79. The minimum atomic E-state index is -0.577. The van der Waals surface area contributed by atoms with Gasteiger partial charge in [0.1, 0.15) is 5.69 Å². The van der Waals surface area contributed by atoms with Crippen molar-refractivity contribution in [3.63, 3.8) is 0 Å². The van der Waals surface area contributed by atoms with Crippen LogP contribution in [-0.4, -0.2) is 26.5 Å². The maximum absolute atomic E-state index is 13.8. The van der Waals surface area contributed by atoms with Crippen LogP contribution in [0.4, 0.5) is 4.39 Å². The molecule has 0 fully saturated rings. The maximum atomic E-state index is 13.8. The van der Waals surface area contributed by atoms with Crippen molar-refractivity contribution < 1.29 is 9.18 Å². The number of carbonyl (C=O) groups excluding carboxylic acids is 1. The molecule has 0 bridgehead atoms. The molecule has 1 heterocycles. The van der Waals surface area contributed by atoms with Gasteiger partial charge in [-0.05, 0) is 17.3 Å². The summed E-state index contributed by atoms with van der Waals surface area (Å²) in [6, 6.07) is 13.4. The fourth-order valence-electron chi connectivity index (χ4n) is 1.85. The Hall–Kier alpha value is -2.89. The molecular weight excluding hydrogens is 259 g/mol. The lowest BCUT2D eigenvalue weighted by atomic mass is 10.2. The molecule has 0 saturated carbocycles. The number of aromatic nitrogens is 4. The molecule has 0 aliphatic rings. The first-order valence-electron chi connectivity index (χ1n) is 5.89.